The molecule has 0 heterocycles. The Kier molecular flexibility index (Phi) is 27.7. The molecule has 0 fully saturated rings. The van der Waals surface area contributed by atoms with E-state index in [1.807, 2.05) is 0 Å². The van der Waals surface area contributed by atoms with Crippen LogP contribution in [0, 0.1) is 11.3 Å². The quantitative estimate of drug-likeness (QED) is 0.0595. The van der Waals surface area contributed by atoms with Crippen LogP contribution in [-0.2, 0) is 9.47 Å². The van der Waals surface area contributed by atoms with E-state index in [9.17, 15) is 0 Å². The second kappa shape index (κ2) is 27.7. The lowest BCUT2D eigenvalue weighted by Crippen LogP contribution is -2.54. The maximum Gasteiger partial charge on any atom is 0.171 e. The zero-order valence-electron chi connectivity index (χ0n) is 29.2. The first-order chi connectivity index (χ1) is 19.5. The number of hydrogen-bond donors (Lipinski definition) is 0. The number of ether oxygens (including phenoxy) is 2. The Hall–Kier alpha value is -0.0800. The molecule has 0 radical (unpaired) electrons. The van der Waals surface area contributed by atoms with Crippen LogP contribution in [0.3, 0.4) is 0 Å². The Balaban J connectivity index is 5.67. The molecule has 0 saturated heterocycles. The molecule has 242 valence electrons. The lowest BCUT2D eigenvalue weighted by atomic mass is 9.60. The minimum absolute atomic E-state index is 0.113. The average molecular weight is 567 g/mol. The SMILES string of the molecule is CCCCCCCCCCC(CCCCCCC)C(CCC)(CCCCCCCCCC)C(C)(OCC)OCC. The van der Waals surface area contributed by atoms with Gasteiger partial charge in [-0.15, -0.1) is 0 Å². The Morgan fingerprint density at radius 2 is 0.750 bits per heavy atom. The first-order valence-electron chi connectivity index (χ1n) is 18.8. The van der Waals surface area contributed by atoms with Crippen LogP contribution < -0.4 is 0 Å². The van der Waals surface area contributed by atoms with E-state index in [1.165, 1.54) is 167 Å². The van der Waals surface area contributed by atoms with Crippen molar-refractivity contribution in [1.82, 2.24) is 0 Å². The Bertz CT molecular complexity index is 498. The second-order valence-electron chi connectivity index (χ2n) is 13.1. The summed E-state index contributed by atoms with van der Waals surface area (Å²) in [7, 11) is 0. The second-order valence-corrected chi connectivity index (χ2v) is 13.1. The molecular formula is C38H78O2. The minimum atomic E-state index is -0.484. The van der Waals surface area contributed by atoms with Gasteiger partial charge in [0, 0.05) is 18.6 Å². The van der Waals surface area contributed by atoms with Gasteiger partial charge in [-0.05, 0) is 52.4 Å². The normalized spacial score (nSPS) is 14.5. The Morgan fingerprint density at radius 3 is 1.10 bits per heavy atom. The van der Waals surface area contributed by atoms with E-state index in [0.717, 1.165) is 13.2 Å². The fourth-order valence-electron chi connectivity index (χ4n) is 7.47. The summed E-state index contributed by atoms with van der Waals surface area (Å²) in [4.78, 5) is 0. The fraction of sp³-hybridized carbons (Fsp3) is 1.00. The summed E-state index contributed by atoms with van der Waals surface area (Å²) >= 11 is 0. The van der Waals surface area contributed by atoms with E-state index in [1.54, 1.807) is 0 Å². The highest BCUT2D eigenvalue weighted by molar-refractivity contribution is 4.97. The van der Waals surface area contributed by atoms with Crippen LogP contribution in [0.15, 0.2) is 0 Å². The van der Waals surface area contributed by atoms with E-state index in [0.29, 0.717) is 5.92 Å². The van der Waals surface area contributed by atoms with E-state index in [2.05, 4.69) is 48.5 Å². The molecule has 0 aromatic heterocycles. The molecule has 0 aromatic rings. The van der Waals surface area contributed by atoms with Crippen LogP contribution in [-0.4, -0.2) is 19.0 Å². The van der Waals surface area contributed by atoms with Gasteiger partial charge in [-0.1, -0.05) is 169 Å². The maximum atomic E-state index is 6.70. The molecule has 0 amide bonds. The lowest BCUT2D eigenvalue weighted by Gasteiger charge is -2.53. The van der Waals surface area contributed by atoms with Crippen LogP contribution >= 0.6 is 0 Å². The number of rotatable bonds is 32. The molecule has 0 saturated carbocycles. The molecule has 40 heavy (non-hydrogen) atoms. The van der Waals surface area contributed by atoms with Crippen molar-refractivity contribution in [2.24, 2.45) is 11.3 Å². The van der Waals surface area contributed by atoms with Crippen molar-refractivity contribution in [2.45, 2.75) is 221 Å². The topological polar surface area (TPSA) is 18.5 Å². The van der Waals surface area contributed by atoms with Crippen LogP contribution in [0.1, 0.15) is 215 Å². The van der Waals surface area contributed by atoms with E-state index < -0.39 is 5.79 Å². The van der Waals surface area contributed by atoms with E-state index >= 15 is 0 Å². The molecule has 0 bridgehead atoms. The van der Waals surface area contributed by atoms with Crippen molar-refractivity contribution in [3.63, 3.8) is 0 Å². The summed E-state index contributed by atoms with van der Waals surface area (Å²) < 4.78 is 13.4. The highest BCUT2D eigenvalue weighted by Gasteiger charge is 2.53. The summed E-state index contributed by atoms with van der Waals surface area (Å²) in [5.41, 5.74) is 0.113. The van der Waals surface area contributed by atoms with Crippen molar-refractivity contribution in [3.05, 3.63) is 0 Å². The molecule has 2 nitrogen and oxygen atoms in total. The third kappa shape index (κ3) is 17.1. The van der Waals surface area contributed by atoms with Gasteiger partial charge in [0.15, 0.2) is 5.79 Å². The zero-order valence-corrected chi connectivity index (χ0v) is 29.2. The highest BCUT2D eigenvalue weighted by Crippen LogP contribution is 2.53. The standard InChI is InChI=1S/C38H78O2/c1-8-14-17-20-22-24-27-30-33-36(32-29-26-19-16-10-3)38(34-11-4,37(7,39-12-5)40-13-6)35-31-28-25-23-21-18-15-9-2/h36H,8-35H2,1-7H3. The van der Waals surface area contributed by atoms with Gasteiger partial charge in [0.25, 0.3) is 0 Å². The number of hydrogen-bond acceptors (Lipinski definition) is 2. The summed E-state index contributed by atoms with van der Waals surface area (Å²) in [5.74, 6) is 0.212. The lowest BCUT2D eigenvalue weighted by molar-refractivity contribution is -0.305. The predicted molar refractivity (Wildman–Crippen MR) is 180 cm³/mol. The molecule has 0 rings (SSSR count). The first-order valence-corrected chi connectivity index (χ1v) is 18.8. The molecule has 2 heteroatoms. The first kappa shape index (κ1) is 39.9. The van der Waals surface area contributed by atoms with Gasteiger partial charge in [-0.3, -0.25) is 0 Å². The summed E-state index contributed by atoms with van der Waals surface area (Å²) in [6.07, 6.45) is 35.6. The van der Waals surface area contributed by atoms with Crippen molar-refractivity contribution >= 4 is 0 Å². The van der Waals surface area contributed by atoms with Crippen molar-refractivity contribution in [1.29, 1.82) is 0 Å². The average Bonchev–Trinajstić information content (AvgIpc) is 2.94. The van der Waals surface area contributed by atoms with Crippen LogP contribution in [0.5, 0.6) is 0 Å². The molecular weight excluding hydrogens is 488 g/mol. The van der Waals surface area contributed by atoms with Crippen molar-refractivity contribution in [3.8, 4) is 0 Å². The van der Waals surface area contributed by atoms with Crippen LogP contribution in [0.2, 0.25) is 0 Å². The Morgan fingerprint density at radius 1 is 0.400 bits per heavy atom. The third-order valence-electron chi connectivity index (χ3n) is 9.76. The molecule has 0 spiro atoms. The van der Waals surface area contributed by atoms with Crippen LogP contribution in [0.4, 0.5) is 0 Å². The summed E-state index contributed by atoms with van der Waals surface area (Å²) in [5, 5.41) is 0. The molecule has 0 aliphatic rings. The minimum Gasteiger partial charge on any atom is -0.350 e. The van der Waals surface area contributed by atoms with Crippen molar-refractivity contribution in [2.75, 3.05) is 13.2 Å². The van der Waals surface area contributed by atoms with E-state index in [4.69, 9.17) is 9.47 Å². The van der Waals surface area contributed by atoms with Gasteiger partial charge in [0.2, 0.25) is 0 Å². The molecule has 0 N–H and O–H groups in total. The molecule has 0 aliphatic carbocycles. The maximum absolute atomic E-state index is 6.70. The zero-order chi connectivity index (χ0) is 29.8. The van der Waals surface area contributed by atoms with Gasteiger partial charge >= 0.3 is 0 Å². The van der Waals surface area contributed by atoms with Gasteiger partial charge < -0.3 is 9.47 Å². The summed E-state index contributed by atoms with van der Waals surface area (Å²) in [6, 6.07) is 0. The fourth-order valence-corrected chi connectivity index (χ4v) is 7.47. The van der Waals surface area contributed by atoms with Gasteiger partial charge in [0.1, 0.15) is 0 Å². The smallest absolute Gasteiger partial charge is 0.171 e. The third-order valence-corrected chi connectivity index (χ3v) is 9.76. The monoisotopic (exact) mass is 567 g/mol. The van der Waals surface area contributed by atoms with Crippen LogP contribution in [0.25, 0.3) is 0 Å². The molecule has 0 aromatic carbocycles. The van der Waals surface area contributed by atoms with Gasteiger partial charge in [-0.25, -0.2) is 0 Å². The van der Waals surface area contributed by atoms with Gasteiger partial charge in [-0.2, -0.15) is 0 Å². The molecule has 0 aliphatic heterocycles. The number of unbranched alkanes of at least 4 members (excludes halogenated alkanes) is 18. The largest absolute Gasteiger partial charge is 0.350 e. The molecule has 2 atom stereocenters. The highest BCUT2D eigenvalue weighted by atomic mass is 16.7. The van der Waals surface area contributed by atoms with Crippen molar-refractivity contribution < 1.29 is 9.47 Å². The Labute approximate surface area is 254 Å². The van der Waals surface area contributed by atoms with E-state index in [-0.39, 0.29) is 5.41 Å². The molecule has 2 unspecified atom stereocenters. The van der Waals surface area contributed by atoms with Gasteiger partial charge in [0.05, 0.1) is 0 Å². The summed E-state index contributed by atoms with van der Waals surface area (Å²) in [6.45, 7) is 17.5. The predicted octanol–water partition coefficient (Wildman–Crippen LogP) is 13.6.